The highest BCUT2D eigenvalue weighted by Gasteiger charge is 2.22. The van der Waals surface area contributed by atoms with Crippen molar-refractivity contribution in [2.45, 2.75) is 53.6 Å². The summed E-state index contributed by atoms with van der Waals surface area (Å²) in [5, 5.41) is 23.5. The van der Waals surface area contributed by atoms with Gasteiger partial charge in [-0.3, -0.25) is 20.0 Å². The molecule has 7 aromatic heterocycles. The van der Waals surface area contributed by atoms with E-state index in [1.54, 1.807) is 72.0 Å². The second-order valence-electron chi connectivity index (χ2n) is 21.2. The first-order valence-corrected chi connectivity index (χ1v) is 27.8. The van der Waals surface area contributed by atoms with E-state index < -0.39 is 35.1 Å². The number of nitrogens with zero attached hydrogens (tertiary/aromatic N) is 15. The van der Waals surface area contributed by atoms with Crippen molar-refractivity contribution in [1.82, 2.24) is 65.0 Å². The largest absolute Gasteiger partial charge is 0.373 e. The first kappa shape index (κ1) is 62.1. The predicted molar refractivity (Wildman–Crippen MR) is 329 cm³/mol. The smallest absolute Gasteiger partial charge is 0.293 e. The molecule has 2 amide bonds. The third kappa shape index (κ3) is 14.0. The number of carbonyl (C=O) groups excluding carboxylic acids is 2. The Morgan fingerprint density at radius 3 is 1.23 bits per heavy atom. The number of hydroxylamine groups is 2. The highest BCUT2D eigenvalue weighted by molar-refractivity contribution is 5.94. The molecule has 10 rings (SSSR count). The molecule has 0 saturated carbocycles. The molecule has 0 saturated heterocycles. The number of likely N-dealkylation sites (N-methyl/N-ethyl adjacent to an activating group) is 4. The van der Waals surface area contributed by atoms with Gasteiger partial charge in [0.1, 0.15) is 51.4 Å². The van der Waals surface area contributed by atoms with E-state index in [-0.39, 0.29) is 63.2 Å². The molecule has 88 heavy (non-hydrogen) atoms. The summed E-state index contributed by atoms with van der Waals surface area (Å²) in [5.41, 5.74) is 9.20. The van der Waals surface area contributed by atoms with Crippen LogP contribution in [0.5, 0.6) is 0 Å². The molecule has 456 valence electrons. The minimum Gasteiger partial charge on any atom is -0.373 e. The van der Waals surface area contributed by atoms with Crippen molar-refractivity contribution in [2.75, 3.05) is 84.6 Å². The molecule has 0 unspecified atom stereocenters. The Labute approximate surface area is 503 Å². The molecule has 0 fully saturated rings. The molecule has 27 heteroatoms. The van der Waals surface area contributed by atoms with E-state index in [2.05, 4.69) is 55.5 Å². The van der Waals surface area contributed by atoms with E-state index in [1.165, 1.54) is 18.2 Å². The molecule has 7 heterocycles. The van der Waals surface area contributed by atoms with Crippen molar-refractivity contribution in [3.63, 3.8) is 0 Å². The van der Waals surface area contributed by atoms with Gasteiger partial charge in [-0.1, -0.05) is 0 Å². The van der Waals surface area contributed by atoms with E-state index in [9.17, 15) is 18.4 Å². The lowest BCUT2D eigenvalue weighted by Gasteiger charge is -2.25. The minimum atomic E-state index is -0.682. The van der Waals surface area contributed by atoms with Crippen LogP contribution in [0.4, 0.5) is 63.8 Å². The monoisotopic (exact) mass is 1200 g/mol. The summed E-state index contributed by atoms with van der Waals surface area (Å²) >= 11 is 0. The SMILES string of the molecule is Cc1nc2c(F)cc(-c3nc(Nc4ccc(N(C)CCN(C)c5ccc(C(=O)NO)cc5)cn4)ncc3F)cc2n1C(C)C.Cc1nc2c(F)cc(-c3nc(Nc4ccc(N(C)CCN(C)c5ccc(C(=O)NO)nc5)cn4)ncc3F)cc2n1C(C)C. The number of fused-ring (bicyclic) bond motifs is 2. The molecule has 6 N–H and O–H groups in total. The fraction of sp³-hybridized carbons (Fsp3) is 0.262. The van der Waals surface area contributed by atoms with E-state index in [1.807, 2.05) is 123 Å². The summed E-state index contributed by atoms with van der Waals surface area (Å²) in [5.74, 6) is -1.22. The number of imidazole rings is 2. The fourth-order valence-corrected chi connectivity index (χ4v) is 9.83. The van der Waals surface area contributed by atoms with E-state index in [4.69, 9.17) is 10.4 Å². The number of aryl methyl sites for hydroxylation is 2. The number of nitrogens with one attached hydrogen (secondary N) is 4. The zero-order valence-electron chi connectivity index (χ0n) is 49.9. The molecule has 0 aliphatic heterocycles. The molecule has 3 aromatic carbocycles. The van der Waals surface area contributed by atoms with Gasteiger partial charge in [-0.2, -0.15) is 0 Å². The van der Waals surface area contributed by atoms with Crippen LogP contribution in [0.15, 0.2) is 116 Å². The first-order valence-electron chi connectivity index (χ1n) is 27.8. The number of rotatable bonds is 20. The Morgan fingerprint density at radius 2 is 0.864 bits per heavy atom. The van der Waals surface area contributed by atoms with Gasteiger partial charge in [-0.15, -0.1) is 0 Å². The fourth-order valence-electron chi connectivity index (χ4n) is 9.83. The van der Waals surface area contributed by atoms with Crippen LogP contribution in [0.2, 0.25) is 0 Å². The molecule has 0 aliphatic rings. The number of benzene rings is 3. The van der Waals surface area contributed by atoms with Gasteiger partial charge in [-0.25, -0.2) is 73.4 Å². The summed E-state index contributed by atoms with van der Waals surface area (Å²) in [6.07, 6.45) is 7.04. The quantitative estimate of drug-likeness (QED) is 0.0235. The van der Waals surface area contributed by atoms with Gasteiger partial charge in [0.05, 0.1) is 59.1 Å². The lowest BCUT2D eigenvalue weighted by Crippen LogP contribution is -2.31. The zero-order chi connectivity index (χ0) is 63.1. The van der Waals surface area contributed by atoms with Crippen molar-refractivity contribution in [3.8, 4) is 22.5 Å². The highest BCUT2D eigenvalue weighted by atomic mass is 19.1. The van der Waals surface area contributed by atoms with Gasteiger partial charge >= 0.3 is 0 Å². The molecular formula is C61H65F4N19O4. The van der Waals surface area contributed by atoms with Crippen LogP contribution in [0.3, 0.4) is 0 Å². The van der Waals surface area contributed by atoms with Crippen LogP contribution < -0.4 is 41.2 Å². The number of pyridine rings is 3. The second-order valence-corrected chi connectivity index (χ2v) is 21.2. The highest BCUT2D eigenvalue weighted by Crippen LogP contribution is 2.33. The number of halogens is 4. The number of hydrogen-bond donors (Lipinski definition) is 6. The Balaban J connectivity index is 0.000000209. The van der Waals surface area contributed by atoms with E-state index >= 15 is 8.78 Å². The summed E-state index contributed by atoms with van der Waals surface area (Å²) < 4.78 is 63.6. The zero-order valence-corrected chi connectivity index (χ0v) is 49.9. The Bertz CT molecular complexity index is 3850. The molecule has 0 spiro atoms. The first-order chi connectivity index (χ1) is 42.1. The van der Waals surface area contributed by atoms with Crippen LogP contribution in [0.25, 0.3) is 44.6 Å². The average molecular weight is 1200 g/mol. The maximum Gasteiger partial charge on any atom is 0.293 e. The van der Waals surface area contributed by atoms with Gasteiger partial charge < -0.3 is 39.4 Å². The van der Waals surface area contributed by atoms with E-state index in [0.717, 1.165) is 35.1 Å². The van der Waals surface area contributed by atoms with Crippen LogP contribution in [-0.2, 0) is 0 Å². The summed E-state index contributed by atoms with van der Waals surface area (Å²) in [6, 6.07) is 23.4. The van der Waals surface area contributed by atoms with Gasteiger partial charge in [-0.05, 0) is 126 Å². The number of anilines is 8. The maximum atomic E-state index is 15.0. The van der Waals surface area contributed by atoms with Crippen molar-refractivity contribution in [2.24, 2.45) is 0 Å². The minimum absolute atomic E-state index is 0.0367. The van der Waals surface area contributed by atoms with Crippen LogP contribution in [-0.4, -0.2) is 131 Å². The van der Waals surface area contributed by atoms with Crippen LogP contribution in [0, 0.1) is 37.1 Å². The number of aromatic nitrogens is 11. The third-order valence-corrected chi connectivity index (χ3v) is 14.5. The van der Waals surface area contributed by atoms with Crippen LogP contribution >= 0.6 is 0 Å². The topological polar surface area (TPSA) is 262 Å². The van der Waals surface area contributed by atoms with E-state index in [0.29, 0.717) is 66.1 Å². The molecule has 23 nitrogen and oxygen atoms in total. The molecule has 0 aliphatic carbocycles. The molecule has 0 atom stereocenters. The van der Waals surface area contributed by atoms with Crippen molar-refractivity contribution >= 4 is 80.2 Å². The summed E-state index contributed by atoms with van der Waals surface area (Å²) in [6.45, 7) is 14.2. The van der Waals surface area contributed by atoms with Crippen molar-refractivity contribution in [3.05, 3.63) is 162 Å². The second kappa shape index (κ2) is 26.9. The summed E-state index contributed by atoms with van der Waals surface area (Å²) in [4.78, 5) is 69.5. The standard InChI is InChI=1S/C31H33F2N9O2.C30H32F2N10O2/c1-18(2)42-19(3)36-29-24(32)14-21(15-26(29)42)28-25(33)17-35-31(38-28)37-27-11-10-23(16-34-27)41(5)13-12-40(4)22-8-6-20(7-9-22)30(43)39-44;1-17(2)42-18(3)36-28-22(31)12-19(13-25(28)42)27-23(32)16-35-30(38-27)37-26-9-7-21(15-34-26)41(5)11-10-40(4)20-6-8-24(33-14-20)29(43)39-44/h6-11,14-18,44H,12-13H2,1-5H3,(H,39,43)(H,34,35,37,38);6-9,12-17,44H,10-11H2,1-5H3,(H,39,43)(H,34,35,37,38). The lowest BCUT2D eigenvalue weighted by molar-refractivity contribution is 0.0698. The number of amides is 2. The molecule has 10 aromatic rings. The van der Waals surface area contributed by atoms with Gasteiger partial charge in [0.25, 0.3) is 11.8 Å². The normalized spacial score (nSPS) is 11.2. The molecular weight excluding hydrogens is 1140 g/mol. The Hall–Kier alpha value is -10.4. The van der Waals surface area contributed by atoms with Gasteiger partial charge in [0.15, 0.2) is 23.3 Å². The number of hydrogen-bond acceptors (Lipinski definition) is 19. The average Bonchev–Trinajstić information content (AvgIpc) is 2.05. The molecule has 0 bridgehead atoms. The van der Waals surface area contributed by atoms with Crippen molar-refractivity contribution in [1.29, 1.82) is 0 Å². The lowest BCUT2D eigenvalue weighted by atomic mass is 10.1. The maximum absolute atomic E-state index is 15.0. The molecule has 0 radical (unpaired) electrons. The van der Waals surface area contributed by atoms with Gasteiger partial charge in [0.2, 0.25) is 11.9 Å². The van der Waals surface area contributed by atoms with Crippen molar-refractivity contribution < 1.29 is 37.6 Å². The summed E-state index contributed by atoms with van der Waals surface area (Å²) in [7, 11) is 7.74. The Kier molecular flexibility index (Phi) is 19.0. The number of carbonyl (C=O) groups is 2. The Morgan fingerprint density at radius 1 is 0.477 bits per heavy atom. The van der Waals surface area contributed by atoms with Crippen LogP contribution in [0.1, 0.15) is 72.3 Å². The third-order valence-electron chi connectivity index (χ3n) is 14.5. The van der Waals surface area contributed by atoms with Gasteiger partial charge in [0, 0.05) is 88.8 Å². The predicted octanol–water partition coefficient (Wildman–Crippen LogP) is 10.4.